The van der Waals surface area contributed by atoms with Gasteiger partial charge in [0, 0.05) is 23.9 Å². The van der Waals surface area contributed by atoms with E-state index in [0.29, 0.717) is 39.7 Å². The van der Waals surface area contributed by atoms with E-state index in [4.69, 9.17) is 9.47 Å². The number of pyridine rings is 1. The fraction of sp³-hybridized carbons (Fsp3) is 0.174. The summed E-state index contributed by atoms with van der Waals surface area (Å²) >= 11 is 0. The highest BCUT2D eigenvalue weighted by Gasteiger charge is 2.16. The van der Waals surface area contributed by atoms with Crippen LogP contribution in [0.25, 0.3) is 11.4 Å². The molecule has 0 aliphatic heterocycles. The van der Waals surface area contributed by atoms with E-state index < -0.39 is 10.8 Å². The predicted molar refractivity (Wildman–Crippen MR) is 118 cm³/mol. The lowest BCUT2D eigenvalue weighted by molar-refractivity contribution is -0.384. The fourth-order valence-corrected chi connectivity index (χ4v) is 3.06. The Morgan fingerprint density at radius 1 is 1.06 bits per heavy atom. The van der Waals surface area contributed by atoms with Gasteiger partial charge in [-0.15, -0.1) is 0 Å². The molecule has 8 heteroatoms. The van der Waals surface area contributed by atoms with Crippen LogP contribution in [0.2, 0.25) is 0 Å². The van der Waals surface area contributed by atoms with Crippen LogP contribution in [0, 0.1) is 17.0 Å². The molecule has 2 aromatic carbocycles. The number of benzene rings is 2. The van der Waals surface area contributed by atoms with Crippen molar-refractivity contribution in [2.45, 2.75) is 13.8 Å². The summed E-state index contributed by atoms with van der Waals surface area (Å²) in [7, 11) is 3.06. The molecule has 0 unspecified atom stereocenters. The number of aryl methyl sites for hydroxylation is 1. The van der Waals surface area contributed by atoms with Crippen LogP contribution in [-0.2, 0) is 0 Å². The highest BCUT2D eigenvalue weighted by Crippen LogP contribution is 2.33. The van der Waals surface area contributed by atoms with E-state index in [1.807, 2.05) is 0 Å². The smallest absolute Gasteiger partial charge is 0.292 e. The summed E-state index contributed by atoms with van der Waals surface area (Å²) in [5.41, 5.74) is 2.29. The molecule has 0 radical (unpaired) electrons. The number of allylic oxidation sites excluding steroid dienone is 1. The van der Waals surface area contributed by atoms with E-state index in [1.165, 1.54) is 26.5 Å². The van der Waals surface area contributed by atoms with Gasteiger partial charge in [-0.3, -0.25) is 10.1 Å². The minimum absolute atomic E-state index is 0.0558. The Balaban J connectivity index is 1.91. The fourth-order valence-electron chi connectivity index (χ4n) is 3.06. The largest absolute Gasteiger partial charge is 0.497 e. The highest BCUT2D eigenvalue weighted by atomic mass is 19.1. The second kappa shape index (κ2) is 9.25. The summed E-state index contributed by atoms with van der Waals surface area (Å²) in [6.45, 7) is 3.42. The maximum absolute atomic E-state index is 15.1. The highest BCUT2D eigenvalue weighted by molar-refractivity contribution is 5.87. The third-order valence-corrected chi connectivity index (χ3v) is 4.83. The van der Waals surface area contributed by atoms with Gasteiger partial charge in [-0.1, -0.05) is 12.1 Å². The summed E-state index contributed by atoms with van der Waals surface area (Å²) in [5, 5.41) is 14.2. The lowest BCUT2D eigenvalue weighted by Gasteiger charge is -2.11. The Morgan fingerprint density at radius 2 is 1.74 bits per heavy atom. The molecule has 0 aliphatic carbocycles. The summed E-state index contributed by atoms with van der Waals surface area (Å²) in [4.78, 5) is 15.0. The van der Waals surface area contributed by atoms with Crippen molar-refractivity contribution >= 4 is 28.6 Å². The molecule has 0 amide bonds. The number of ether oxygens (including phenoxy) is 2. The van der Waals surface area contributed by atoms with E-state index in [2.05, 4.69) is 10.3 Å². The summed E-state index contributed by atoms with van der Waals surface area (Å²) in [6, 6.07) is 13.1. The molecule has 0 saturated carbocycles. The number of methoxy groups -OCH3 is 2. The summed E-state index contributed by atoms with van der Waals surface area (Å²) < 4.78 is 25.6. The molecule has 0 spiro atoms. The first-order valence-electron chi connectivity index (χ1n) is 9.41. The van der Waals surface area contributed by atoms with Crippen LogP contribution in [0.1, 0.15) is 23.6 Å². The van der Waals surface area contributed by atoms with Crippen molar-refractivity contribution in [3.63, 3.8) is 0 Å². The van der Waals surface area contributed by atoms with Crippen LogP contribution in [0.15, 0.2) is 54.7 Å². The molecule has 0 fully saturated rings. The van der Waals surface area contributed by atoms with E-state index in [-0.39, 0.29) is 11.3 Å². The Morgan fingerprint density at radius 3 is 2.29 bits per heavy atom. The second-order valence-corrected chi connectivity index (χ2v) is 6.82. The number of hydrogen-bond acceptors (Lipinski definition) is 6. The number of aromatic nitrogens is 1. The van der Waals surface area contributed by atoms with E-state index in [9.17, 15) is 10.1 Å². The van der Waals surface area contributed by atoms with Gasteiger partial charge in [0.25, 0.3) is 5.69 Å². The van der Waals surface area contributed by atoms with Gasteiger partial charge in [0.1, 0.15) is 28.8 Å². The van der Waals surface area contributed by atoms with Gasteiger partial charge in [0.15, 0.2) is 0 Å². The molecular weight excluding hydrogens is 401 g/mol. The Kier molecular flexibility index (Phi) is 6.49. The van der Waals surface area contributed by atoms with Gasteiger partial charge in [-0.2, -0.15) is 0 Å². The number of nitro groups is 1. The van der Waals surface area contributed by atoms with Gasteiger partial charge < -0.3 is 14.8 Å². The minimum atomic E-state index is -0.460. The van der Waals surface area contributed by atoms with Crippen LogP contribution in [-0.4, -0.2) is 24.1 Å². The first kappa shape index (κ1) is 21.8. The van der Waals surface area contributed by atoms with Crippen molar-refractivity contribution in [3.05, 3.63) is 81.5 Å². The zero-order chi connectivity index (χ0) is 22.5. The van der Waals surface area contributed by atoms with E-state index in [0.717, 1.165) is 0 Å². The third kappa shape index (κ3) is 4.80. The first-order chi connectivity index (χ1) is 14.8. The molecule has 31 heavy (non-hydrogen) atoms. The molecule has 1 N–H and O–H groups in total. The Bertz CT molecular complexity index is 1120. The van der Waals surface area contributed by atoms with Crippen molar-refractivity contribution in [2.75, 3.05) is 19.5 Å². The van der Waals surface area contributed by atoms with Crippen molar-refractivity contribution in [1.29, 1.82) is 0 Å². The summed E-state index contributed by atoms with van der Waals surface area (Å²) in [6.07, 6.45) is 1.38. The first-order valence-corrected chi connectivity index (χ1v) is 9.41. The lowest BCUT2D eigenvalue weighted by Crippen LogP contribution is -2.00. The maximum Gasteiger partial charge on any atom is 0.292 e. The standard InChI is InChI=1S/C23H22FN3O4/c1-14-6-5-7-20(27(28)29)23(14)26-21-9-8-16(13-25-21)22(24)15(2)17-10-18(30-3)12-19(11-17)31-4/h5-13H,1-4H3,(H,25,26)/b22-15-. The average Bonchev–Trinajstić information content (AvgIpc) is 2.79. The van der Waals surface area contributed by atoms with Crippen LogP contribution in [0.3, 0.4) is 0 Å². The zero-order valence-corrected chi connectivity index (χ0v) is 17.6. The van der Waals surface area contributed by atoms with Gasteiger partial charge >= 0.3 is 0 Å². The SMILES string of the molecule is COc1cc(OC)cc(/C(C)=C(\F)c2ccc(Nc3c(C)cccc3[N+](=O)[O-])nc2)c1. The second-order valence-electron chi connectivity index (χ2n) is 6.82. The molecule has 3 rings (SSSR count). The number of anilines is 2. The zero-order valence-electron chi connectivity index (χ0n) is 17.6. The van der Waals surface area contributed by atoms with Crippen LogP contribution < -0.4 is 14.8 Å². The number of nitrogens with zero attached hydrogens (tertiary/aromatic N) is 2. The van der Waals surface area contributed by atoms with Crippen LogP contribution in [0.4, 0.5) is 21.6 Å². The molecular formula is C23H22FN3O4. The van der Waals surface area contributed by atoms with Gasteiger partial charge in [0.2, 0.25) is 0 Å². The molecule has 7 nitrogen and oxygen atoms in total. The van der Waals surface area contributed by atoms with Crippen molar-refractivity contribution in [1.82, 2.24) is 4.98 Å². The van der Waals surface area contributed by atoms with Crippen molar-refractivity contribution in [2.24, 2.45) is 0 Å². The molecule has 0 saturated heterocycles. The Hall–Kier alpha value is -3.94. The number of rotatable bonds is 7. The lowest BCUT2D eigenvalue weighted by atomic mass is 10.0. The number of hydrogen-bond donors (Lipinski definition) is 1. The van der Waals surface area contributed by atoms with Crippen LogP contribution >= 0.6 is 0 Å². The van der Waals surface area contributed by atoms with E-state index >= 15 is 4.39 Å². The molecule has 0 bridgehead atoms. The average molecular weight is 423 g/mol. The molecule has 1 heterocycles. The Labute approximate surface area is 179 Å². The normalized spacial score (nSPS) is 11.5. The molecule has 0 atom stereocenters. The summed E-state index contributed by atoms with van der Waals surface area (Å²) in [5.74, 6) is 1.03. The quantitative estimate of drug-likeness (QED) is 0.375. The monoisotopic (exact) mass is 423 g/mol. The third-order valence-electron chi connectivity index (χ3n) is 4.83. The van der Waals surface area contributed by atoms with Gasteiger partial charge in [-0.05, 0) is 54.8 Å². The number of nitrogens with one attached hydrogen (secondary N) is 1. The number of halogens is 1. The van der Waals surface area contributed by atoms with Crippen molar-refractivity contribution < 1.29 is 18.8 Å². The predicted octanol–water partition coefficient (Wildman–Crippen LogP) is 5.92. The topological polar surface area (TPSA) is 86.5 Å². The number of nitro benzene ring substituents is 1. The van der Waals surface area contributed by atoms with Gasteiger partial charge in [0.05, 0.1) is 19.1 Å². The van der Waals surface area contributed by atoms with Crippen LogP contribution in [0.5, 0.6) is 11.5 Å². The minimum Gasteiger partial charge on any atom is -0.497 e. The maximum atomic E-state index is 15.1. The molecule has 160 valence electrons. The van der Waals surface area contributed by atoms with Crippen molar-refractivity contribution in [3.8, 4) is 11.5 Å². The van der Waals surface area contributed by atoms with E-state index in [1.54, 1.807) is 56.3 Å². The molecule has 1 aromatic heterocycles. The van der Waals surface area contributed by atoms with Gasteiger partial charge in [-0.25, -0.2) is 9.37 Å². The molecule has 0 aliphatic rings. The molecule has 3 aromatic rings. The number of para-hydroxylation sites is 1.